The van der Waals surface area contributed by atoms with Crippen LogP contribution in [0.1, 0.15) is 35.0 Å². The van der Waals surface area contributed by atoms with Crippen molar-refractivity contribution in [3.05, 3.63) is 71.1 Å². The number of aromatic nitrogens is 2. The van der Waals surface area contributed by atoms with E-state index < -0.39 is 0 Å². The van der Waals surface area contributed by atoms with Crippen molar-refractivity contribution >= 4 is 0 Å². The maximum absolute atomic E-state index is 5.47. The summed E-state index contributed by atoms with van der Waals surface area (Å²) in [5.41, 5.74) is 5.08. The number of aryl methyl sites for hydroxylation is 2. The van der Waals surface area contributed by atoms with Crippen LogP contribution in [-0.2, 0) is 13.0 Å². The third kappa shape index (κ3) is 2.85. The zero-order valence-electron chi connectivity index (χ0n) is 14.1. The number of nitrogens with zero attached hydrogens (tertiary/aromatic N) is 3. The van der Waals surface area contributed by atoms with Crippen molar-refractivity contribution in [3.63, 3.8) is 0 Å². The van der Waals surface area contributed by atoms with Gasteiger partial charge in [0.15, 0.2) is 0 Å². The monoisotopic (exact) mass is 319 g/mol. The van der Waals surface area contributed by atoms with Crippen LogP contribution < -0.4 is 0 Å². The van der Waals surface area contributed by atoms with Crippen LogP contribution in [0.5, 0.6) is 0 Å². The first-order valence-corrected chi connectivity index (χ1v) is 8.38. The van der Waals surface area contributed by atoms with Gasteiger partial charge >= 0.3 is 0 Å². The molecule has 122 valence electrons. The molecule has 1 aliphatic carbocycles. The van der Waals surface area contributed by atoms with Crippen LogP contribution in [0.15, 0.2) is 53.1 Å². The Bertz CT molecular complexity index is 855. The van der Waals surface area contributed by atoms with Gasteiger partial charge < -0.3 is 4.52 Å². The van der Waals surface area contributed by atoms with Gasteiger partial charge in [-0.1, -0.05) is 53.2 Å². The summed E-state index contributed by atoms with van der Waals surface area (Å²) < 4.78 is 5.47. The molecule has 1 aromatic heterocycles. The number of fused-ring (bicyclic) bond motifs is 1. The fourth-order valence-electron chi connectivity index (χ4n) is 3.54. The van der Waals surface area contributed by atoms with Crippen LogP contribution in [0.4, 0.5) is 0 Å². The maximum Gasteiger partial charge on any atom is 0.241 e. The first-order valence-electron chi connectivity index (χ1n) is 8.38. The second-order valence-electron chi connectivity index (χ2n) is 6.55. The predicted molar refractivity (Wildman–Crippen MR) is 93.4 cm³/mol. The van der Waals surface area contributed by atoms with Crippen molar-refractivity contribution in [2.24, 2.45) is 0 Å². The standard InChI is InChI=1S/C20H21N3O/c1-14-6-5-8-16(12-14)20-21-19(24-22-20)13-23(2)18-11-10-15-7-3-4-9-17(15)18/h3-9,12,18H,10-11,13H2,1-2H3/t18-/m1/s1. The average Bonchev–Trinajstić information content (AvgIpc) is 3.21. The van der Waals surface area contributed by atoms with Crippen LogP contribution in [0.2, 0.25) is 0 Å². The Labute approximate surface area is 142 Å². The molecular weight excluding hydrogens is 298 g/mol. The largest absolute Gasteiger partial charge is 0.338 e. The smallest absolute Gasteiger partial charge is 0.241 e. The van der Waals surface area contributed by atoms with E-state index in [1.807, 2.05) is 12.1 Å². The Morgan fingerprint density at radius 2 is 2.04 bits per heavy atom. The summed E-state index contributed by atoms with van der Waals surface area (Å²) in [4.78, 5) is 6.87. The van der Waals surface area contributed by atoms with Gasteiger partial charge in [-0.15, -0.1) is 0 Å². The molecule has 4 rings (SSSR count). The summed E-state index contributed by atoms with van der Waals surface area (Å²) >= 11 is 0. The first kappa shape index (κ1) is 15.1. The molecule has 0 aliphatic heterocycles. The molecule has 0 amide bonds. The van der Waals surface area contributed by atoms with Gasteiger partial charge in [0, 0.05) is 11.6 Å². The van der Waals surface area contributed by atoms with E-state index in [0.29, 0.717) is 24.3 Å². The third-order valence-electron chi connectivity index (χ3n) is 4.76. The number of hydrogen-bond donors (Lipinski definition) is 0. The van der Waals surface area contributed by atoms with Crippen molar-refractivity contribution in [1.82, 2.24) is 15.0 Å². The topological polar surface area (TPSA) is 42.2 Å². The number of rotatable bonds is 4. The summed E-state index contributed by atoms with van der Waals surface area (Å²) in [5.74, 6) is 1.33. The summed E-state index contributed by atoms with van der Waals surface area (Å²) in [6.07, 6.45) is 2.29. The van der Waals surface area contributed by atoms with Crippen molar-refractivity contribution in [2.75, 3.05) is 7.05 Å². The highest BCUT2D eigenvalue weighted by Gasteiger charge is 2.26. The second-order valence-corrected chi connectivity index (χ2v) is 6.55. The van der Waals surface area contributed by atoms with E-state index in [2.05, 4.69) is 65.4 Å². The summed E-state index contributed by atoms with van der Waals surface area (Å²) in [7, 11) is 2.13. The SMILES string of the molecule is Cc1cccc(-c2noc(CN(C)[C@@H]3CCc4ccccc43)n2)c1. The predicted octanol–water partition coefficient (Wildman–Crippen LogP) is 4.16. The van der Waals surface area contributed by atoms with Crippen LogP contribution in [-0.4, -0.2) is 22.1 Å². The first-order chi connectivity index (χ1) is 11.7. The lowest BCUT2D eigenvalue weighted by atomic mass is 10.1. The highest BCUT2D eigenvalue weighted by atomic mass is 16.5. The molecular formula is C20H21N3O. The van der Waals surface area contributed by atoms with Gasteiger partial charge in [0.25, 0.3) is 0 Å². The van der Waals surface area contributed by atoms with Crippen LogP contribution in [0, 0.1) is 6.92 Å². The molecule has 3 aromatic rings. The summed E-state index contributed by atoms with van der Waals surface area (Å²) in [6, 6.07) is 17.3. The van der Waals surface area contributed by atoms with Crippen molar-refractivity contribution in [2.45, 2.75) is 32.4 Å². The molecule has 1 heterocycles. The Morgan fingerprint density at radius 3 is 2.92 bits per heavy atom. The molecule has 0 saturated heterocycles. The maximum atomic E-state index is 5.47. The lowest BCUT2D eigenvalue weighted by molar-refractivity contribution is 0.204. The molecule has 4 nitrogen and oxygen atoms in total. The lowest BCUT2D eigenvalue weighted by Crippen LogP contribution is -2.22. The number of benzene rings is 2. The molecule has 0 N–H and O–H groups in total. The van der Waals surface area contributed by atoms with E-state index >= 15 is 0 Å². The Hall–Kier alpha value is -2.46. The summed E-state index contributed by atoms with van der Waals surface area (Å²) in [5, 5.41) is 4.14. The van der Waals surface area contributed by atoms with Crippen LogP contribution >= 0.6 is 0 Å². The second kappa shape index (κ2) is 6.21. The highest BCUT2D eigenvalue weighted by molar-refractivity contribution is 5.55. The van der Waals surface area contributed by atoms with Crippen molar-refractivity contribution in [3.8, 4) is 11.4 Å². The van der Waals surface area contributed by atoms with Crippen molar-refractivity contribution < 1.29 is 4.52 Å². The third-order valence-corrected chi connectivity index (χ3v) is 4.76. The Balaban J connectivity index is 1.50. The van der Waals surface area contributed by atoms with Gasteiger partial charge in [0.1, 0.15) is 0 Å². The van der Waals surface area contributed by atoms with Gasteiger partial charge in [-0.25, -0.2) is 0 Å². The van der Waals surface area contributed by atoms with Crippen LogP contribution in [0.3, 0.4) is 0 Å². The van der Waals surface area contributed by atoms with Gasteiger partial charge in [0.05, 0.1) is 6.54 Å². The highest BCUT2D eigenvalue weighted by Crippen LogP contribution is 2.35. The van der Waals surface area contributed by atoms with E-state index in [4.69, 9.17) is 4.52 Å². The van der Waals surface area contributed by atoms with Gasteiger partial charge in [0.2, 0.25) is 11.7 Å². The molecule has 0 bridgehead atoms. The molecule has 2 aromatic carbocycles. The van der Waals surface area contributed by atoms with E-state index in [1.165, 1.54) is 16.7 Å². The normalized spacial score (nSPS) is 16.5. The van der Waals surface area contributed by atoms with E-state index in [1.54, 1.807) is 0 Å². The lowest BCUT2D eigenvalue weighted by Gasteiger charge is -2.23. The van der Waals surface area contributed by atoms with Gasteiger partial charge in [-0.3, -0.25) is 4.90 Å². The molecule has 1 atom stereocenters. The minimum atomic E-state index is 0.426. The Kier molecular flexibility index (Phi) is 3.90. The van der Waals surface area contributed by atoms with E-state index in [9.17, 15) is 0 Å². The fraction of sp³-hybridized carbons (Fsp3) is 0.300. The van der Waals surface area contributed by atoms with Gasteiger partial charge in [-0.05, 0) is 44.0 Å². The average molecular weight is 319 g/mol. The Morgan fingerprint density at radius 1 is 1.17 bits per heavy atom. The zero-order valence-corrected chi connectivity index (χ0v) is 14.1. The molecule has 1 aliphatic rings. The minimum absolute atomic E-state index is 0.426. The molecule has 0 radical (unpaired) electrons. The van der Waals surface area contributed by atoms with Gasteiger partial charge in [-0.2, -0.15) is 4.98 Å². The molecule has 0 fully saturated rings. The molecule has 0 spiro atoms. The minimum Gasteiger partial charge on any atom is -0.338 e. The van der Waals surface area contributed by atoms with E-state index in [-0.39, 0.29) is 0 Å². The molecule has 4 heteroatoms. The molecule has 24 heavy (non-hydrogen) atoms. The summed E-state index contributed by atoms with van der Waals surface area (Å²) in [6.45, 7) is 2.73. The van der Waals surface area contributed by atoms with Crippen LogP contribution in [0.25, 0.3) is 11.4 Å². The van der Waals surface area contributed by atoms with E-state index in [0.717, 1.165) is 18.4 Å². The molecule has 0 saturated carbocycles. The zero-order chi connectivity index (χ0) is 16.5. The fourth-order valence-corrected chi connectivity index (χ4v) is 3.54. The quantitative estimate of drug-likeness (QED) is 0.724. The molecule has 0 unspecified atom stereocenters. The van der Waals surface area contributed by atoms with Crippen molar-refractivity contribution in [1.29, 1.82) is 0 Å². The number of hydrogen-bond acceptors (Lipinski definition) is 4.